The van der Waals surface area contributed by atoms with Crippen molar-refractivity contribution < 1.29 is 46.5 Å². The Morgan fingerprint density at radius 2 is 0.969 bits per heavy atom. The molecule has 9 aliphatic heterocycles. The van der Waals surface area contributed by atoms with E-state index in [0.717, 1.165) is 118 Å². The molecule has 3 aromatic heterocycles. The van der Waals surface area contributed by atoms with Gasteiger partial charge in [-0.3, -0.25) is 24.2 Å². The first-order valence-electron chi connectivity index (χ1n) is 44.5. The number of carbonyl (C=O) groups is 3. The van der Waals surface area contributed by atoms with Crippen molar-refractivity contribution >= 4 is 73.8 Å². The van der Waals surface area contributed by atoms with E-state index in [1.807, 2.05) is 0 Å². The van der Waals surface area contributed by atoms with Crippen LogP contribution in [0.2, 0.25) is 0 Å². The fraction of sp³-hybridized carbons (Fsp3) is 0.479. The van der Waals surface area contributed by atoms with Crippen LogP contribution in [0.3, 0.4) is 0 Å². The van der Waals surface area contributed by atoms with Gasteiger partial charge in [0.25, 0.3) is 0 Å². The smallest absolute Gasteiger partial charge is 0.418 e. The van der Waals surface area contributed by atoms with Crippen molar-refractivity contribution in [2.75, 3.05) is 182 Å². The Morgan fingerprint density at radius 1 is 0.488 bits per heavy atom. The molecular weight excluding hydrogens is 1620 g/mol. The van der Waals surface area contributed by atoms with Gasteiger partial charge in [0.15, 0.2) is 0 Å². The number of likely N-dealkylation sites (tertiary alicyclic amines) is 3. The SMILES string of the molecule is C=CC(=O)N1CCN(c2nc(OC[C@@H]3CC(c4ccc(N5CCc6c(nc(OC[C@@H]7CC(c8cc(N9CCc%10c(nc(OC[C@H]%11CCCN%11C)nc%10N%10CCN(C(=O)C=C)[C@@H](CC#N)C%10)C9)c9ccccc9c8)CN7CCOC)nc6N6CCN(C(=O)C=C)C(CC#N)C6)C5)c5ccccc45)CN3C)nc3c2CCN(c2cccc(C)c2C(F)(F)F)C3)CC1CC#N. The number of aryl methyl sites for hydroxylation is 1. The average molecular weight is 1730 g/mol. The van der Waals surface area contributed by atoms with Crippen LogP contribution in [-0.2, 0) is 64.2 Å². The first-order chi connectivity index (χ1) is 61.7. The number of piperazine rings is 3. The van der Waals surface area contributed by atoms with Crippen LogP contribution < -0.4 is 43.6 Å². The van der Waals surface area contributed by atoms with Gasteiger partial charge in [-0.2, -0.15) is 58.9 Å². The molecule has 4 unspecified atom stereocenters. The third kappa shape index (κ3) is 18.0. The summed E-state index contributed by atoms with van der Waals surface area (Å²) in [6.07, 6.45) is 4.99. The predicted molar refractivity (Wildman–Crippen MR) is 479 cm³/mol. The lowest BCUT2D eigenvalue weighted by molar-refractivity contribution is -0.137. The molecule has 127 heavy (non-hydrogen) atoms. The fourth-order valence-corrected chi connectivity index (χ4v) is 21.1. The number of alkyl halides is 3. The monoisotopic (exact) mass is 1730 g/mol. The number of nitrogens with zero attached hydrogens (tertiary/aromatic N) is 21. The molecule has 0 bridgehead atoms. The molecule has 8 atom stereocenters. The second kappa shape index (κ2) is 37.8. The molecule has 3 amide bonds. The number of ether oxygens (including phenoxy) is 4. The molecule has 0 radical (unpaired) electrons. The van der Waals surface area contributed by atoms with E-state index in [0.29, 0.717) is 148 Å². The van der Waals surface area contributed by atoms with Crippen LogP contribution in [0.4, 0.5) is 47.7 Å². The van der Waals surface area contributed by atoms with Crippen molar-refractivity contribution in [2.45, 2.75) is 145 Å². The normalized spacial score (nSPS) is 22.3. The molecular formula is C96H110F3N21O7. The van der Waals surface area contributed by atoms with Gasteiger partial charge in [-0.05, 0) is 148 Å². The molecule has 0 aliphatic carbocycles. The Labute approximate surface area is 739 Å². The van der Waals surface area contributed by atoms with Gasteiger partial charge >= 0.3 is 24.2 Å². The summed E-state index contributed by atoms with van der Waals surface area (Å²) in [6.45, 7) is 23.7. The van der Waals surface area contributed by atoms with Gasteiger partial charge in [0.05, 0.1) is 104 Å². The van der Waals surface area contributed by atoms with Gasteiger partial charge < -0.3 is 67.9 Å². The van der Waals surface area contributed by atoms with E-state index in [-0.39, 0.29) is 116 Å². The molecule has 0 spiro atoms. The highest BCUT2D eigenvalue weighted by Gasteiger charge is 2.43. The number of anilines is 6. The number of methoxy groups -OCH3 is 1. The number of carbonyl (C=O) groups excluding carboxylic acids is 3. The molecule has 17 rings (SSSR count). The molecule has 12 heterocycles. The molecule has 9 aliphatic rings. The maximum Gasteiger partial charge on any atom is 0.418 e. The quantitative estimate of drug-likeness (QED) is 0.0456. The summed E-state index contributed by atoms with van der Waals surface area (Å²) in [5.74, 6) is 1.66. The summed E-state index contributed by atoms with van der Waals surface area (Å²) in [5.41, 5.74) is 9.25. The van der Waals surface area contributed by atoms with Crippen molar-refractivity contribution in [1.29, 1.82) is 15.8 Å². The Morgan fingerprint density at radius 3 is 1.46 bits per heavy atom. The topological polar surface area (TPSA) is 276 Å². The Bertz CT molecular complexity index is 5640. The number of likely N-dealkylation sites (N-methyl/N-ethyl adjacent to an activating group) is 2. The third-order valence-electron chi connectivity index (χ3n) is 27.7. The van der Waals surface area contributed by atoms with Crippen molar-refractivity contribution in [3.63, 3.8) is 0 Å². The molecule has 0 saturated carbocycles. The number of hydrogen-bond acceptors (Lipinski definition) is 25. The van der Waals surface area contributed by atoms with Gasteiger partial charge in [0.2, 0.25) is 17.7 Å². The Balaban J connectivity index is 0.625. The Hall–Kier alpha value is -12.2. The summed E-state index contributed by atoms with van der Waals surface area (Å²) >= 11 is 0. The van der Waals surface area contributed by atoms with Crippen LogP contribution in [0.1, 0.15) is 113 Å². The number of benzene rings is 5. The number of amides is 3. The average Bonchev–Trinajstić information content (AvgIpc) is 1.48. The lowest BCUT2D eigenvalue weighted by Crippen LogP contribution is -2.55. The van der Waals surface area contributed by atoms with Crippen LogP contribution in [0.25, 0.3) is 21.5 Å². The maximum absolute atomic E-state index is 14.8. The third-order valence-corrected chi connectivity index (χ3v) is 27.7. The summed E-state index contributed by atoms with van der Waals surface area (Å²) in [4.78, 5) is 96.0. The molecule has 8 aromatic rings. The highest BCUT2D eigenvalue weighted by Crippen LogP contribution is 2.46. The number of fused-ring (bicyclic) bond motifs is 5. The van der Waals surface area contributed by atoms with Gasteiger partial charge in [0, 0.05) is 168 Å². The van der Waals surface area contributed by atoms with Crippen LogP contribution in [0, 0.1) is 40.9 Å². The molecule has 5 aromatic carbocycles. The minimum Gasteiger partial charge on any atom is -0.462 e. The number of hydrogen-bond donors (Lipinski definition) is 0. The maximum atomic E-state index is 14.8. The summed E-state index contributed by atoms with van der Waals surface area (Å²) in [6, 6.07) is 37.5. The lowest BCUT2D eigenvalue weighted by Gasteiger charge is -2.42. The second-order valence-electron chi connectivity index (χ2n) is 35.1. The lowest BCUT2D eigenvalue weighted by atomic mass is 9.90. The van der Waals surface area contributed by atoms with E-state index in [1.54, 1.807) is 32.8 Å². The van der Waals surface area contributed by atoms with Crippen LogP contribution in [0.15, 0.2) is 129 Å². The van der Waals surface area contributed by atoms with E-state index in [2.05, 4.69) is 164 Å². The zero-order chi connectivity index (χ0) is 88.3. The molecule has 0 N–H and O–H groups in total. The molecule has 6 saturated heterocycles. The van der Waals surface area contributed by atoms with Gasteiger partial charge in [0.1, 0.15) is 37.3 Å². The zero-order valence-corrected chi connectivity index (χ0v) is 72.9. The van der Waals surface area contributed by atoms with E-state index < -0.39 is 23.8 Å². The van der Waals surface area contributed by atoms with Crippen molar-refractivity contribution in [1.82, 2.24) is 59.3 Å². The van der Waals surface area contributed by atoms with Crippen molar-refractivity contribution in [3.05, 3.63) is 185 Å². The fourth-order valence-electron chi connectivity index (χ4n) is 21.1. The summed E-state index contributed by atoms with van der Waals surface area (Å²) < 4.78 is 70.5. The second-order valence-corrected chi connectivity index (χ2v) is 35.1. The summed E-state index contributed by atoms with van der Waals surface area (Å²) in [5, 5.41) is 34.6. The number of rotatable bonds is 26. The first-order valence-corrected chi connectivity index (χ1v) is 44.5. The Kier molecular flexibility index (Phi) is 25.8. The molecule has 662 valence electrons. The number of nitriles is 3. The zero-order valence-electron chi connectivity index (χ0n) is 72.9. The summed E-state index contributed by atoms with van der Waals surface area (Å²) in [7, 11) is 5.96. The van der Waals surface area contributed by atoms with Crippen molar-refractivity contribution in [3.8, 4) is 36.2 Å². The van der Waals surface area contributed by atoms with Gasteiger partial charge in [-0.25, -0.2) is 0 Å². The van der Waals surface area contributed by atoms with Gasteiger partial charge in [-0.1, -0.05) is 92.5 Å². The predicted octanol–water partition coefficient (Wildman–Crippen LogP) is 11.0. The van der Waals surface area contributed by atoms with Crippen LogP contribution in [0.5, 0.6) is 18.0 Å². The molecule has 6 fully saturated rings. The number of aromatic nitrogens is 6. The van der Waals surface area contributed by atoms with Crippen LogP contribution in [-0.4, -0.2) is 266 Å². The minimum absolute atomic E-state index is 0.0582. The minimum atomic E-state index is -4.59. The molecule has 31 heteroatoms. The van der Waals surface area contributed by atoms with E-state index in [9.17, 15) is 43.3 Å². The van der Waals surface area contributed by atoms with Gasteiger partial charge in [-0.15, -0.1) is 0 Å². The van der Waals surface area contributed by atoms with Crippen molar-refractivity contribution in [2.24, 2.45) is 0 Å². The molecule has 28 nitrogen and oxygen atoms in total. The van der Waals surface area contributed by atoms with E-state index in [1.165, 1.54) is 48.4 Å². The largest absolute Gasteiger partial charge is 0.462 e. The number of halogens is 3. The standard InChI is InChI=1S/C96H110F3N21O7/c1-8-86(121)118-42-39-115(53-67(118)26-32-100)90-77-29-36-112(83-25-24-73(75-21-13-14-22-76(75)83)66-49-71(110(6)51-66)60-126-94-104-81-57-113(84-23-15-17-62(4)89(84)96(97,98)99)37-30-78(81)91(107-94)116-40-43-119(87(122)9-2)68(54-116)27-33-101)56-80(77)103-95(108-90)127-61-72-48-65(52-111(72)45-46-124-7)64-47-63-18-11-12-20-74(63)85(50-64)114-38-31-79-82(58-114)105-93(125-59-70-19-16-35-109(70)5)106-92(79)117-41-44-120(88(123)10-3)69(55-117)28-34-102/h8-15,17-18,20-25,47,50,65-72H,1-3,16,19,26-31,35-46,48-49,51-61H2,4-7H3/t65?,66?,67?,68?,69-,70+,71-,72-/m0/s1. The van der Waals surface area contributed by atoms with E-state index in [4.69, 9.17) is 48.9 Å². The highest BCUT2D eigenvalue weighted by atomic mass is 19.4. The van der Waals surface area contributed by atoms with Crippen LogP contribution >= 0.6 is 0 Å². The first kappa shape index (κ1) is 86.9. The van der Waals surface area contributed by atoms with E-state index >= 15 is 0 Å². The highest BCUT2D eigenvalue weighted by molar-refractivity contribution is 5.98.